The van der Waals surface area contributed by atoms with E-state index < -0.39 is 0 Å². The summed E-state index contributed by atoms with van der Waals surface area (Å²) in [5.41, 5.74) is 1.29. The monoisotopic (exact) mass is 358 g/mol. The van der Waals surface area contributed by atoms with Crippen LogP contribution in [0.3, 0.4) is 0 Å². The Balaban J connectivity index is 1.87. The molecule has 0 bridgehead atoms. The van der Waals surface area contributed by atoms with Crippen molar-refractivity contribution in [3.05, 3.63) is 38.9 Å². The molecule has 0 aliphatic carbocycles. The lowest BCUT2D eigenvalue weighted by molar-refractivity contribution is 0.591. The number of rotatable bonds is 2. The average molecular weight is 359 g/mol. The van der Waals surface area contributed by atoms with Gasteiger partial charge in [0.05, 0.1) is 11.7 Å². The van der Waals surface area contributed by atoms with E-state index in [0.29, 0.717) is 11.6 Å². The summed E-state index contributed by atoms with van der Waals surface area (Å²) in [5, 5.41) is 6.43. The normalized spacial score (nSPS) is 19.6. The summed E-state index contributed by atoms with van der Waals surface area (Å²) in [6.07, 6.45) is 0. The maximum absolute atomic E-state index is 13.9. The Morgan fingerprint density at radius 2 is 2.32 bits per heavy atom. The molecule has 0 saturated carbocycles. The summed E-state index contributed by atoms with van der Waals surface area (Å²) in [6, 6.07) is 5.38. The van der Waals surface area contributed by atoms with Crippen LogP contribution in [0.5, 0.6) is 0 Å². The highest BCUT2D eigenvalue weighted by molar-refractivity contribution is 9.10. The second kappa shape index (κ2) is 5.91. The molecule has 6 heteroatoms. The molecule has 0 amide bonds. The van der Waals surface area contributed by atoms with Crippen molar-refractivity contribution in [1.82, 2.24) is 10.3 Å². The van der Waals surface area contributed by atoms with Crippen molar-refractivity contribution in [3.63, 3.8) is 0 Å². The zero-order valence-electron chi connectivity index (χ0n) is 10.0. The fraction of sp³-hybridized carbons (Fsp3) is 0.308. The van der Waals surface area contributed by atoms with Gasteiger partial charge in [-0.15, -0.1) is 11.3 Å². The first-order valence-corrected chi connectivity index (χ1v) is 8.79. The third kappa shape index (κ3) is 3.02. The predicted molar refractivity (Wildman–Crippen MR) is 83.3 cm³/mol. The molecule has 0 spiro atoms. The third-order valence-electron chi connectivity index (χ3n) is 2.95. The number of benzene rings is 1. The van der Waals surface area contributed by atoms with Gasteiger partial charge >= 0.3 is 0 Å². The highest BCUT2D eigenvalue weighted by Gasteiger charge is 2.19. The molecule has 1 fully saturated rings. The van der Waals surface area contributed by atoms with E-state index in [2.05, 4.69) is 26.2 Å². The topological polar surface area (TPSA) is 24.9 Å². The lowest BCUT2D eigenvalue weighted by Gasteiger charge is -2.20. The lowest BCUT2D eigenvalue weighted by Crippen LogP contribution is -2.30. The van der Waals surface area contributed by atoms with Gasteiger partial charge in [-0.25, -0.2) is 9.37 Å². The van der Waals surface area contributed by atoms with Crippen LogP contribution in [0, 0.1) is 5.82 Å². The minimum absolute atomic E-state index is 0.239. The zero-order valence-corrected chi connectivity index (χ0v) is 13.2. The van der Waals surface area contributed by atoms with Crippen LogP contribution in [-0.4, -0.2) is 23.0 Å². The second-order valence-electron chi connectivity index (χ2n) is 4.28. The van der Waals surface area contributed by atoms with E-state index in [1.807, 2.05) is 23.2 Å². The van der Waals surface area contributed by atoms with Crippen molar-refractivity contribution >= 4 is 39.0 Å². The molecule has 2 aromatic rings. The first kappa shape index (κ1) is 13.5. The second-order valence-corrected chi connectivity index (χ2v) is 7.23. The first-order valence-electron chi connectivity index (χ1n) is 5.96. The number of thiazole rings is 1. The van der Waals surface area contributed by atoms with Crippen LogP contribution in [0.4, 0.5) is 4.39 Å². The van der Waals surface area contributed by atoms with Gasteiger partial charge in [0.1, 0.15) is 10.8 Å². The molecule has 100 valence electrons. The first-order chi connectivity index (χ1) is 9.24. The molecular formula is C13H12BrFN2S2. The minimum atomic E-state index is -0.239. The van der Waals surface area contributed by atoms with Crippen LogP contribution < -0.4 is 5.32 Å². The summed E-state index contributed by atoms with van der Waals surface area (Å²) in [5.74, 6) is 1.95. The molecule has 3 rings (SSSR count). The Kier molecular flexibility index (Phi) is 4.21. The highest BCUT2D eigenvalue weighted by Crippen LogP contribution is 2.30. The fourth-order valence-corrected chi connectivity index (χ4v) is 4.27. The number of hydrogen-bond acceptors (Lipinski definition) is 4. The molecule has 0 radical (unpaired) electrons. The van der Waals surface area contributed by atoms with Gasteiger partial charge in [-0.05, 0) is 18.2 Å². The van der Waals surface area contributed by atoms with Crippen molar-refractivity contribution in [1.29, 1.82) is 0 Å². The number of hydrogen-bond donors (Lipinski definition) is 1. The van der Waals surface area contributed by atoms with Crippen molar-refractivity contribution in [2.75, 3.05) is 18.1 Å². The van der Waals surface area contributed by atoms with Crippen LogP contribution in [0.1, 0.15) is 11.0 Å². The maximum atomic E-state index is 13.9. The van der Waals surface area contributed by atoms with E-state index in [9.17, 15) is 4.39 Å². The summed E-state index contributed by atoms with van der Waals surface area (Å²) in [6.45, 7) is 1.01. The molecule has 1 aromatic carbocycles. The van der Waals surface area contributed by atoms with Crippen LogP contribution in [-0.2, 0) is 0 Å². The van der Waals surface area contributed by atoms with E-state index in [1.165, 1.54) is 6.07 Å². The number of thioether (sulfide) groups is 1. The van der Waals surface area contributed by atoms with E-state index >= 15 is 0 Å². The molecule has 2 nitrogen and oxygen atoms in total. The van der Waals surface area contributed by atoms with Gasteiger partial charge in [0.2, 0.25) is 0 Å². The molecule has 1 unspecified atom stereocenters. The Hall–Kier alpha value is -0.430. The molecule has 1 saturated heterocycles. The van der Waals surface area contributed by atoms with Crippen LogP contribution in [0.25, 0.3) is 11.3 Å². The average Bonchev–Trinajstić information content (AvgIpc) is 2.89. The van der Waals surface area contributed by atoms with Crippen molar-refractivity contribution < 1.29 is 4.39 Å². The minimum Gasteiger partial charge on any atom is -0.306 e. The van der Waals surface area contributed by atoms with E-state index in [-0.39, 0.29) is 5.82 Å². The molecule has 1 aromatic heterocycles. The Morgan fingerprint density at radius 3 is 3.05 bits per heavy atom. The molecule has 1 atom stereocenters. The zero-order chi connectivity index (χ0) is 13.2. The standard InChI is InChI=1S/C13H12BrFN2S2/c14-8-1-2-9(10(15)5-8)11-7-19-13(17-11)12-6-18-4-3-16-12/h1-2,5,7,12,16H,3-4,6H2. The molecule has 1 N–H and O–H groups in total. The van der Waals surface area contributed by atoms with Gasteiger partial charge < -0.3 is 5.32 Å². The largest absolute Gasteiger partial charge is 0.306 e. The van der Waals surface area contributed by atoms with Gasteiger partial charge in [0.15, 0.2) is 0 Å². The third-order valence-corrected chi connectivity index (χ3v) is 5.46. The summed E-state index contributed by atoms with van der Waals surface area (Å²) < 4.78 is 14.6. The molecule has 2 heterocycles. The highest BCUT2D eigenvalue weighted by atomic mass is 79.9. The maximum Gasteiger partial charge on any atom is 0.133 e. The Morgan fingerprint density at radius 1 is 1.42 bits per heavy atom. The fourth-order valence-electron chi connectivity index (χ4n) is 1.99. The smallest absolute Gasteiger partial charge is 0.133 e. The number of aromatic nitrogens is 1. The Labute approximate surface area is 128 Å². The van der Waals surface area contributed by atoms with Gasteiger partial charge in [-0.1, -0.05) is 15.9 Å². The Bertz CT molecular complexity index is 582. The summed E-state index contributed by atoms with van der Waals surface area (Å²) in [4.78, 5) is 4.58. The van der Waals surface area contributed by atoms with Crippen molar-refractivity contribution in [3.8, 4) is 11.3 Å². The molecule has 1 aliphatic heterocycles. The summed E-state index contributed by atoms with van der Waals surface area (Å²) >= 11 is 6.80. The van der Waals surface area contributed by atoms with Crippen molar-refractivity contribution in [2.24, 2.45) is 0 Å². The predicted octanol–water partition coefficient (Wildman–Crippen LogP) is 4.09. The molecular weight excluding hydrogens is 347 g/mol. The van der Waals surface area contributed by atoms with Gasteiger partial charge in [0, 0.05) is 33.5 Å². The molecule has 1 aliphatic rings. The number of nitrogens with zero attached hydrogens (tertiary/aromatic N) is 1. The lowest BCUT2D eigenvalue weighted by atomic mass is 10.1. The van der Waals surface area contributed by atoms with Crippen LogP contribution >= 0.6 is 39.0 Å². The van der Waals surface area contributed by atoms with E-state index in [0.717, 1.165) is 33.2 Å². The quantitative estimate of drug-likeness (QED) is 0.874. The SMILES string of the molecule is Fc1cc(Br)ccc1-c1csc(C2CSCCN2)n1. The van der Waals surface area contributed by atoms with E-state index in [4.69, 9.17) is 0 Å². The van der Waals surface area contributed by atoms with Crippen molar-refractivity contribution in [2.45, 2.75) is 6.04 Å². The van der Waals surface area contributed by atoms with Gasteiger partial charge in [-0.3, -0.25) is 0 Å². The van der Waals surface area contributed by atoms with Gasteiger partial charge in [-0.2, -0.15) is 11.8 Å². The molecule has 19 heavy (non-hydrogen) atoms. The van der Waals surface area contributed by atoms with Gasteiger partial charge in [0.25, 0.3) is 0 Å². The van der Waals surface area contributed by atoms with E-state index in [1.54, 1.807) is 17.4 Å². The van der Waals surface area contributed by atoms with Crippen LogP contribution in [0.15, 0.2) is 28.1 Å². The van der Waals surface area contributed by atoms with Crippen LogP contribution in [0.2, 0.25) is 0 Å². The number of nitrogens with one attached hydrogen (secondary N) is 1. The number of halogens is 2. The summed E-state index contributed by atoms with van der Waals surface area (Å²) in [7, 11) is 0.